The number of aryl methyl sites for hydroxylation is 1. The number of anilines is 1. The first kappa shape index (κ1) is 14.0. The van der Waals surface area contributed by atoms with E-state index in [4.69, 9.17) is 4.74 Å². The quantitative estimate of drug-likeness (QED) is 0.898. The van der Waals surface area contributed by atoms with Crippen LogP contribution in [0.4, 0.5) is 10.5 Å². The summed E-state index contributed by atoms with van der Waals surface area (Å²) in [5.74, 6) is 0. The molecule has 0 unspecified atom stereocenters. The Labute approximate surface area is 110 Å². The van der Waals surface area contributed by atoms with Crippen LogP contribution in [0.15, 0.2) is 22.7 Å². The van der Waals surface area contributed by atoms with Crippen molar-refractivity contribution in [3.05, 3.63) is 28.2 Å². The number of rotatable bonds is 4. The van der Waals surface area contributed by atoms with Gasteiger partial charge >= 0.3 is 6.03 Å². The van der Waals surface area contributed by atoms with Crippen molar-refractivity contribution in [2.24, 2.45) is 0 Å². The molecule has 0 aliphatic heterocycles. The first-order chi connectivity index (χ1) is 8.02. The number of nitrogens with one attached hydrogen (secondary N) is 2. The van der Waals surface area contributed by atoms with Crippen LogP contribution >= 0.6 is 15.9 Å². The first-order valence-electron chi connectivity index (χ1n) is 5.35. The minimum atomic E-state index is -0.237. The van der Waals surface area contributed by atoms with Crippen LogP contribution in [-0.2, 0) is 4.74 Å². The van der Waals surface area contributed by atoms with Gasteiger partial charge in [0.05, 0.1) is 18.3 Å². The third-order valence-electron chi connectivity index (χ3n) is 2.17. The lowest BCUT2D eigenvalue weighted by Crippen LogP contribution is -2.38. The maximum absolute atomic E-state index is 11.6. The number of urea groups is 1. The topological polar surface area (TPSA) is 50.4 Å². The van der Waals surface area contributed by atoms with Crippen LogP contribution in [0.25, 0.3) is 0 Å². The molecule has 94 valence electrons. The Kier molecular flexibility index (Phi) is 5.44. The molecular formula is C12H17BrN2O2. The van der Waals surface area contributed by atoms with E-state index in [0.29, 0.717) is 6.61 Å². The number of hydrogen-bond acceptors (Lipinski definition) is 2. The molecule has 1 aromatic rings. The number of ether oxygens (including phenoxy) is 1. The zero-order valence-electron chi connectivity index (χ0n) is 10.2. The van der Waals surface area contributed by atoms with Crippen molar-refractivity contribution in [1.82, 2.24) is 5.32 Å². The summed E-state index contributed by atoms with van der Waals surface area (Å²) in [6, 6.07) is 5.50. The van der Waals surface area contributed by atoms with E-state index in [-0.39, 0.29) is 12.1 Å². The fourth-order valence-electron chi connectivity index (χ4n) is 1.40. The number of hydrogen-bond donors (Lipinski definition) is 2. The van der Waals surface area contributed by atoms with Gasteiger partial charge in [-0.15, -0.1) is 0 Å². The van der Waals surface area contributed by atoms with Crippen molar-refractivity contribution in [2.45, 2.75) is 19.9 Å². The molecule has 0 saturated heterocycles. The van der Waals surface area contributed by atoms with Crippen molar-refractivity contribution in [3.8, 4) is 0 Å². The molecule has 0 spiro atoms. The van der Waals surface area contributed by atoms with Crippen LogP contribution in [0.2, 0.25) is 0 Å². The Morgan fingerprint density at radius 1 is 1.53 bits per heavy atom. The zero-order valence-corrected chi connectivity index (χ0v) is 11.8. The molecule has 0 heterocycles. The van der Waals surface area contributed by atoms with Gasteiger partial charge in [0.25, 0.3) is 0 Å². The highest BCUT2D eigenvalue weighted by Gasteiger charge is 2.08. The standard InChI is InChI=1S/C12H17BrN2O2/c1-8-4-5-11(10(13)6-8)15-12(16)14-9(2)7-17-3/h4-6,9H,7H2,1-3H3,(H2,14,15,16)/t9-/m0/s1. The molecule has 0 radical (unpaired) electrons. The Bertz CT molecular complexity index is 396. The lowest BCUT2D eigenvalue weighted by molar-refractivity contribution is 0.173. The summed E-state index contributed by atoms with van der Waals surface area (Å²) in [6.45, 7) is 4.37. The molecule has 2 amide bonds. The number of methoxy groups -OCH3 is 1. The van der Waals surface area contributed by atoms with Gasteiger partial charge in [0, 0.05) is 11.6 Å². The number of halogens is 1. The van der Waals surface area contributed by atoms with Gasteiger partial charge in [-0.2, -0.15) is 0 Å². The van der Waals surface area contributed by atoms with Crippen LogP contribution < -0.4 is 10.6 Å². The average molecular weight is 301 g/mol. The van der Waals surface area contributed by atoms with E-state index >= 15 is 0 Å². The van der Waals surface area contributed by atoms with E-state index in [9.17, 15) is 4.79 Å². The fourth-order valence-corrected chi connectivity index (χ4v) is 1.99. The summed E-state index contributed by atoms with van der Waals surface area (Å²) in [6.07, 6.45) is 0. The predicted molar refractivity (Wildman–Crippen MR) is 72.4 cm³/mol. The molecular weight excluding hydrogens is 284 g/mol. The summed E-state index contributed by atoms with van der Waals surface area (Å²) >= 11 is 3.41. The largest absolute Gasteiger partial charge is 0.383 e. The van der Waals surface area contributed by atoms with Gasteiger partial charge in [-0.05, 0) is 47.5 Å². The first-order valence-corrected chi connectivity index (χ1v) is 6.15. The summed E-state index contributed by atoms with van der Waals surface area (Å²) in [5, 5.41) is 5.55. The smallest absolute Gasteiger partial charge is 0.319 e. The average Bonchev–Trinajstić information content (AvgIpc) is 2.22. The number of carbonyl (C=O) groups is 1. The van der Waals surface area contributed by atoms with Gasteiger partial charge in [-0.3, -0.25) is 0 Å². The lowest BCUT2D eigenvalue weighted by Gasteiger charge is -2.14. The van der Waals surface area contributed by atoms with Crippen LogP contribution in [0.5, 0.6) is 0 Å². The maximum Gasteiger partial charge on any atom is 0.319 e. The van der Waals surface area contributed by atoms with Gasteiger partial charge < -0.3 is 15.4 Å². The zero-order chi connectivity index (χ0) is 12.8. The van der Waals surface area contributed by atoms with Gasteiger partial charge in [0.1, 0.15) is 0 Å². The van der Waals surface area contributed by atoms with E-state index in [0.717, 1.165) is 15.7 Å². The molecule has 5 heteroatoms. The molecule has 0 fully saturated rings. The van der Waals surface area contributed by atoms with Crippen LogP contribution in [0.3, 0.4) is 0 Å². The number of amides is 2. The highest BCUT2D eigenvalue weighted by molar-refractivity contribution is 9.10. The molecule has 0 aromatic heterocycles. The SMILES string of the molecule is COC[C@H](C)NC(=O)Nc1ccc(C)cc1Br. The van der Waals surface area contributed by atoms with Crippen LogP contribution in [-0.4, -0.2) is 25.8 Å². The highest BCUT2D eigenvalue weighted by Crippen LogP contribution is 2.23. The van der Waals surface area contributed by atoms with Crippen molar-refractivity contribution in [1.29, 1.82) is 0 Å². The lowest BCUT2D eigenvalue weighted by atomic mass is 10.2. The van der Waals surface area contributed by atoms with Crippen LogP contribution in [0, 0.1) is 6.92 Å². The Hall–Kier alpha value is -1.07. The van der Waals surface area contributed by atoms with E-state index < -0.39 is 0 Å². The number of benzene rings is 1. The van der Waals surface area contributed by atoms with E-state index in [2.05, 4.69) is 26.6 Å². The minimum absolute atomic E-state index is 0.0239. The maximum atomic E-state index is 11.6. The van der Waals surface area contributed by atoms with Crippen molar-refractivity contribution in [2.75, 3.05) is 19.0 Å². The normalized spacial score (nSPS) is 12.0. The molecule has 0 aliphatic rings. The van der Waals surface area contributed by atoms with Crippen molar-refractivity contribution in [3.63, 3.8) is 0 Å². The minimum Gasteiger partial charge on any atom is -0.383 e. The van der Waals surface area contributed by atoms with Gasteiger partial charge in [-0.1, -0.05) is 6.07 Å². The molecule has 17 heavy (non-hydrogen) atoms. The summed E-state index contributed by atoms with van der Waals surface area (Å²) in [4.78, 5) is 11.6. The summed E-state index contributed by atoms with van der Waals surface area (Å²) in [5.41, 5.74) is 1.88. The Morgan fingerprint density at radius 2 is 2.24 bits per heavy atom. The molecule has 0 aliphatic carbocycles. The van der Waals surface area contributed by atoms with Crippen molar-refractivity contribution >= 4 is 27.6 Å². The van der Waals surface area contributed by atoms with Gasteiger partial charge in [0.2, 0.25) is 0 Å². The molecule has 1 rings (SSSR count). The van der Waals surface area contributed by atoms with Gasteiger partial charge in [-0.25, -0.2) is 4.79 Å². The molecule has 0 saturated carbocycles. The predicted octanol–water partition coefficient (Wildman–Crippen LogP) is 2.91. The van der Waals surface area contributed by atoms with Gasteiger partial charge in [0.15, 0.2) is 0 Å². The van der Waals surface area contributed by atoms with E-state index in [1.807, 2.05) is 32.0 Å². The molecule has 2 N–H and O–H groups in total. The summed E-state index contributed by atoms with van der Waals surface area (Å²) in [7, 11) is 1.60. The van der Waals surface area contributed by atoms with Crippen molar-refractivity contribution < 1.29 is 9.53 Å². The second kappa shape index (κ2) is 6.61. The Balaban J connectivity index is 2.56. The monoisotopic (exact) mass is 300 g/mol. The third kappa shape index (κ3) is 4.75. The number of carbonyl (C=O) groups excluding carboxylic acids is 1. The second-order valence-corrected chi connectivity index (χ2v) is 4.79. The highest BCUT2D eigenvalue weighted by atomic mass is 79.9. The molecule has 1 aromatic carbocycles. The Morgan fingerprint density at radius 3 is 2.82 bits per heavy atom. The van der Waals surface area contributed by atoms with Crippen LogP contribution in [0.1, 0.15) is 12.5 Å². The van der Waals surface area contributed by atoms with E-state index in [1.54, 1.807) is 7.11 Å². The second-order valence-electron chi connectivity index (χ2n) is 3.94. The van der Waals surface area contributed by atoms with E-state index in [1.165, 1.54) is 0 Å². The molecule has 1 atom stereocenters. The summed E-state index contributed by atoms with van der Waals surface area (Å²) < 4.78 is 5.81. The fraction of sp³-hybridized carbons (Fsp3) is 0.417. The third-order valence-corrected chi connectivity index (χ3v) is 2.82. The molecule has 4 nitrogen and oxygen atoms in total. The molecule has 0 bridgehead atoms.